The maximum atomic E-state index is 11.8. The molecule has 1 rings (SSSR count). The lowest BCUT2D eigenvalue weighted by atomic mass is 10.2. The van der Waals surface area contributed by atoms with E-state index >= 15 is 0 Å². The number of nitrogens with zero attached hydrogens (tertiary/aromatic N) is 2. The number of rotatable bonds is 2. The van der Waals surface area contributed by atoms with Gasteiger partial charge in [0.1, 0.15) is 5.60 Å². The summed E-state index contributed by atoms with van der Waals surface area (Å²) < 4.78 is 9.82. The lowest BCUT2D eigenvalue weighted by Gasteiger charge is -2.35. The zero-order valence-electron chi connectivity index (χ0n) is 12.0. The van der Waals surface area contributed by atoms with Crippen molar-refractivity contribution < 1.29 is 19.1 Å². The third kappa shape index (κ3) is 5.63. The molecule has 1 saturated heterocycles. The van der Waals surface area contributed by atoms with Gasteiger partial charge in [0, 0.05) is 38.5 Å². The SMILES string of the molecule is COC(=O)/C=C/N1CCN(C(=O)OC(C)(C)C)CC1. The van der Waals surface area contributed by atoms with Crippen LogP contribution in [0.4, 0.5) is 4.79 Å². The Kier molecular flexibility index (Phi) is 5.20. The highest BCUT2D eigenvalue weighted by Crippen LogP contribution is 2.11. The Morgan fingerprint density at radius 1 is 1.11 bits per heavy atom. The highest BCUT2D eigenvalue weighted by molar-refractivity contribution is 5.81. The van der Waals surface area contributed by atoms with E-state index in [4.69, 9.17) is 4.74 Å². The molecule has 1 aliphatic heterocycles. The van der Waals surface area contributed by atoms with Gasteiger partial charge in [-0.15, -0.1) is 0 Å². The van der Waals surface area contributed by atoms with Crippen molar-refractivity contribution in [2.45, 2.75) is 26.4 Å². The highest BCUT2D eigenvalue weighted by Gasteiger charge is 2.24. The summed E-state index contributed by atoms with van der Waals surface area (Å²) in [5.41, 5.74) is -0.473. The van der Waals surface area contributed by atoms with Gasteiger partial charge in [-0.3, -0.25) is 0 Å². The fourth-order valence-corrected chi connectivity index (χ4v) is 1.61. The number of methoxy groups -OCH3 is 1. The Bertz CT molecular complexity index is 352. The van der Waals surface area contributed by atoms with Crippen molar-refractivity contribution in [1.29, 1.82) is 0 Å². The van der Waals surface area contributed by atoms with Gasteiger partial charge in [-0.2, -0.15) is 0 Å². The second-order valence-corrected chi connectivity index (χ2v) is 5.34. The minimum absolute atomic E-state index is 0.288. The van der Waals surface area contributed by atoms with E-state index in [1.165, 1.54) is 13.2 Å². The lowest BCUT2D eigenvalue weighted by molar-refractivity contribution is -0.134. The Labute approximate surface area is 113 Å². The van der Waals surface area contributed by atoms with Crippen molar-refractivity contribution in [2.75, 3.05) is 33.3 Å². The van der Waals surface area contributed by atoms with Gasteiger partial charge in [0.15, 0.2) is 0 Å². The molecule has 108 valence electrons. The van der Waals surface area contributed by atoms with E-state index in [9.17, 15) is 9.59 Å². The van der Waals surface area contributed by atoms with Crippen LogP contribution >= 0.6 is 0 Å². The average molecular weight is 270 g/mol. The third-order valence-electron chi connectivity index (χ3n) is 2.59. The molecule has 0 spiro atoms. The molecule has 6 nitrogen and oxygen atoms in total. The van der Waals surface area contributed by atoms with Crippen molar-refractivity contribution in [3.8, 4) is 0 Å². The molecular formula is C13H22N2O4. The van der Waals surface area contributed by atoms with E-state index in [0.29, 0.717) is 26.2 Å². The van der Waals surface area contributed by atoms with E-state index in [1.54, 1.807) is 11.1 Å². The molecule has 0 saturated carbocycles. The molecule has 0 unspecified atom stereocenters. The van der Waals surface area contributed by atoms with Gasteiger partial charge >= 0.3 is 12.1 Å². The van der Waals surface area contributed by atoms with E-state index in [0.717, 1.165) is 0 Å². The van der Waals surface area contributed by atoms with Crippen LogP contribution in [-0.2, 0) is 14.3 Å². The van der Waals surface area contributed by atoms with E-state index in [-0.39, 0.29) is 12.1 Å². The van der Waals surface area contributed by atoms with E-state index in [1.807, 2.05) is 25.7 Å². The first-order chi connectivity index (χ1) is 8.81. The minimum Gasteiger partial charge on any atom is -0.466 e. The molecule has 0 aromatic rings. The predicted molar refractivity (Wildman–Crippen MR) is 70.5 cm³/mol. The molecule has 1 heterocycles. The van der Waals surface area contributed by atoms with Crippen molar-refractivity contribution >= 4 is 12.1 Å². The predicted octanol–water partition coefficient (Wildman–Crippen LogP) is 1.23. The molecule has 0 N–H and O–H groups in total. The summed E-state index contributed by atoms with van der Waals surface area (Å²) in [6.07, 6.45) is 2.78. The summed E-state index contributed by atoms with van der Waals surface area (Å²) in [6.45, 7) is 8.06. The lowest BCUT2D eigenvalue weighted by Crippen LogP contribution is -2.48. The Morgan fingerprint density at radius 2 is 1.68 bits per heavy atom. The highest BCUT2D eigenvalue weighted by atomic mass is 16.6. The zero-order chi connectivity index (χ0) is 14.5. The first-order valence-corrected chi connectivity index (χ1v) is 6.30. The quantitative estimate of drug-likeness (QED) is 0.558. The van der Waals surface area contributed by atoms with E-state index in [2.05, 4.69) is 4.74 Å². The van der Waals surface area contributed by atoms with Gasteiger partial charge < -0.3 is 19.3 Å². The van der Waals surface area contributed by atoms with Crippen LogP contribution in [0.2, 0.25) is 0 Å². The molecule has 0 aromatic carbocycles. The summed E-state index contributed by atoms with van der Waals surface area (Å²) in [5, 5.41) is 0. The number of carbonyl (C=O) groups is 2. The van der Waals surface area contributed by atoms with Crippen molar-refractivity contribution in [2.24, 2.45) is 0 Å². The van der Waals surface area contributed by atoms with Gasteiger partial charge in [-0.05, 0) is 20.8 Å². The van der Waals surface area contributed by atoms with Crippen LogP contribution < -0.4 is 0 Å². The molecular weight excluding hydrogens is 248 g/mol. The average Bonchev–Trinajstić information content (AvgIpc) is 2.34. The molecule has 0 bridgehead atoms. The monoisotopic (exact) mass is 270 g/mol. The van der Waals surface area contributed by atoms with Gasteiger partial charge in [0.2, 0.25) is 0 Å². The van der Waals surface area contributed by atoms with Gasteiger partial charge in [0.05, 0.1) is 7.11 Å². The Morgan fingerprint density at radius 3 is 2.16 bits per heavy atom. The van der Waals surface area contributed by atoms with Gasteiger partial charge in [-0.25, -0.2) is 9.59 Å². The Balaban J connectivity index is 2.38. The maximum absolute atomic E-state index is 11.8. The number of amides is 1. The molecule has 1 fully saturated rings. The number of hydrogen-bond acceptors (Lipinski definition) is 5. The molecule has 1 aliphatic rings. The first kappa shape index (κ1) is 15.3. The zero-order valence-corrected chi connectivity index (χ0v) is 12.0. The summed E-state index contributed by atoms with van der Waals surface area (Å²) in [5.74, 6) is -0.380. The molecule has 1 amide bonds. The van der Waals surface area contributed by atoms with Crippen LogP contribution in [0.3, 0.4) is 0 Å². The summed E-state index contributed by atoms with van der Waals surface area (Å²) >= 11 is 0. The van der Waals surface area contributed by atoms with Crippen LogP contribution in [0.25, 0.3) is 0 Å². The summed E-state index contributed by atoms with van der Waals surface area (Å²) in [6, 6.07) is 0. The smallest absolute Gasteiger partial charge is 0.410 e. The van der Waals surface area contributed by atoms with Gasteiger partial charge in [0.25, 0.3) is 0 Å². The molecule has 0 aliphatic carbocycles. The number of hydrogen-bond donors (Lipinski definition) is 0. The van der Waals surface area contributed by atoms with Crippen LogP contribution in [-0.4, -0.2) is 60.8 Å². The molecule has 0 atom stereocenters. The fourth-order valence-electron chi connectivity index (χ4n) is 1.61. The number of esters is 1. The van der Waals surface area contributed by atoms with Crippen LogP contribution in [0, 0.1) is 0 Å². The molecule has 6 heteroatoms. The van der Waals surface area contributed by atoms with Crippen LogP contribution in [0.15, 0.2) is 12.3 Å². The molecule has 19 heavy (non-hydrogen) atoms. The number of piperazine rings is 1. The second kappa shape index (κ2) is 6.45. The first-order valence-electron chi connectivity index (χ1n) is 6.30. The van der Waals surface area contributed by atoms with Crippen molar-refractivity contribution in [3.63, 3.8) is 0 Å². The number of carbonyl (C=O) groups excluding carboxylic acids is 2. The van der Waals surface area contributed by atoms with Gasteiger partial charge in [-0.1, -0.05) is 0 Å². The normalized spacial score (nSPS) is 16.6. The standard InChI is InChI=1S/C13H22N2O4/c1-13(2,3)19-12(17)15-9-7-14(8-10-15)6-5-11(16)18-4/h5-6H,7-10H2,1-4H3/b6-5+. The van der Waals surface area contributed by atoms with Crippen LogP contribution in [0.5, 0.6) is 0 Å². The van der Waals surface area contributed by atoms with Crippen molar-refractivity contribution in [3.05, 3.63) is 12.3 Å². The number of ether oxygens (including phenoxy) is 2. The summed E-state index contributed by atoms with van der Waals surface area (Å²) in [7, 11) is 1.34. The Hall–Kier alpha value is -1.72. The molecule has 0 aromatic heterocycles. The molecule has 0 radical (unpaired) electrons. The third-order valence-corrected chi connectivity index (χ3v) is 2.59. The van der Waals surface area contributed by atoms with Crippen molar-refractivity contribution in [1.82, 2.24) is 9.80 Å². The topological polar surface area (TPSA) is 59.1 Å². The minimum atomic E-state index is -0.473. The maximum Gasteiger partial charge on any atom is 0.410 e. The van der Waals surface area contributed by atoms with E-state index < -0.39 is 5.60 Å². The second-order valence-electron chi connectivity index (χ2n) is 5.34. The fraction of sp³-hybridized carbons (Fsp3) is 0.692. The summed E-state index contributed by atoms with van der Waals surface area (Å²) in [4.78, 5) is 26.4. The largest absolute Gasteiger partial charge is 0.466 e. The van der Waals surface area contributed by atoms with Crippen LogP contribution in [0.1, 0.15) is 20.8 Å².